The van der Waals surface area contributed by atoms with Crippen LogP contribution in [-0.4, -0.2) is 10.3 Å². The summed E-state index contributed by atoms with van der Waals surface area (Å²) in [5.41, 5.74) is 0.868. The van der Waals surface area contributed by atoms with Crippen LogP contribution in [0, 0.1) is 0 Å². The highest BCUT2D eigenvalue weighted by molar-refractivity contribution is 5.16. The van der Waals surface area contributed by atoms with Crippen LogP contribution in [0.1, 0.15) is 49.3 Å². The Morgan fingerprint density at radius 3 is 2.85 bits per heavy atom. The third kappa shape index (κ3) is 1.75. The Bertz CT molecular complexity index is 264. The second-order valence-electron chi connectivity index (χ2n) is 3.71. The zero-order chi connectivity index (χ0) is 9.10. The summed E-state index contributed by atoms with van der Waals surface area (Å²) >= 11 is 0. The topological polar surface area (TPSA) is 46.3 Å². The van der Waals surface area contributed by atoms with E-state index in [4.69, 9.17) is 9.63 Å². The van der Waals surface area contributed by atoms with Gasteiger partial charge in [0.15, 0.2) is 0 Å². The molecule has 1 aromatic heterocycles. The molecule has 1 aliphatic carbocycles. The van der Waals surface area contributed by atoms with Crippen LogP contribution in [0.4, 0.5) is 0 Å². The van der Waals surface area contributed by atoms with E-state index in [1.54, 1.807) is 6.20 Å². The summed E-state index contributed by atoms with van der Waals surface area (Å²) in [4.78, 5) is 0. The Kier molecular flexibility index (Phi) is 2.64. The maximum absolute atomic E-state index is 9.04. The smallest absolute Gasteiger partial charge is 0.145 e. The predicted molar refractivity (Wildman–Crippen MR) is 48.3 cm³/mol. The quantitative estimate of drug-likeness (QED) is 0.760. The Hall–Kier alpha value is -0.830. The van der Waals surface area contributed by atoms with Crippen LogP contribution in [0.25, 0.3) is 0 Å². The van der Waals surface area contributed by atoms with Crippen LogP contribution in [-0.2, 0) is 6.61 Å². The summed E-state index contributed by atoms with van der Waals surface area (Å²) in [6.07, 6.45) is 7.87. The van der Waals surface area contributed by atoms with E-state index in [-0.39, 0.29) is 6.61 Å². The molecule has 13 heavy (non-hydrogen) atoms. The van der Waals surface area contributed by atoms with Crippen molar-refractivity contribution in [1.29, 1.82) is 0 Å². The van der Waals surface area contributed by atoms with E-state index < -0.39 is 0 Å². The number of aliphatic hydroxyl groups excluding tert-OH is 1. The van der Waals surface area contributed by atoms with Gasteiger partial charge in [0.25, 0.3) is 0 Å². The molecule has 3 nitrogen and oxygen atoms in total. The lowest BCUT2D eigenvalue weighted by atomic mass is 9.86. The maximum atomic E-state index is 9.04. The third-order valence-corrected chi connectivity index (χ3v) is 2.82. The molecule has 1 fully saturated rings. The molecule has 1 saturated carbocycles. The van der Waals surface area contributed by atoms with Crippen LogP contribution in [0.15, 0.2) is 10.7 Å². The Balaban J connectivity index is 2.13. The van der Waals surface area contributed by atoms with Gasteiger partial charge in [-0.05, 0) is 12.8 Å². The molecule has 1 heterocycles. The van der Waals surface area contributed by atoms with Gasteiger partial charge in [-0.1, -0.05) is 24.4 Å². The van der Waals surface area contributed by atoms with Gasteiger partial charge in [-0.15, -0.1) is 0 Å². The highest BCUT2D eigenvalue weighted by Crippen LogP contribution is 2.34. The van der Waals surface area contributed by atoms with E-state index in [1.165, 1.54) is 32.1 Å². The van der Waals surface area contributed by atoms with Gasteiger partial charge in [0.1, 0.15) is 5.76 Å². The second-order valence-corrected chi connectivity index (χ2v) is 3.71. The molecule has 0 spiro atoms. The summed E-state index contributed by atoms with van der Waals surface area (Å²) in [6.45, 7) is 0.0509. The molecular formula is C10H15NO2. The third-order valence-electron chi connectivity index (χ3n) is 2.82. The number of nitrogens with zero attached hydrogens (tertiary/aromatic N) is 1. The first-order valence-corrected chi connectivity index (χ1v) is 4.96. The fourth-order valence-corrected chi connectivity index (χ4v) is 2.09. The van der Waals surface area contributed by atoms with Gasteiger partial charge in [-0.2, -0.15) is 0 Å². The highest BCUT2D eigenvalue weighted by Gasteiger charge is 2.21. The van der Waals surface area contributed by atoms with E-state index in [0.29, 0.717) is 5.92 Å². The molecular weight excluding hydrogens is 166 g/mol. The van der Waals surface area contributed by atoms with E-state index in [9.17, 15) is 0 Å². The fraction of sp³-hybridized carbons (Fsp3) is 0.700. The maximum Gasteiger partial charge on any atom is 0.145 e. The molecule has 0 unspecified atom stereocenters. The highest BCUT2D eigenvalue weighted by atomic mass is 16.5. The van der Waals surface area contributed by atoms with Crippen molar-refractivity contribution in [2.45, 2.75) is 44.6 Å². The molecule has 0 saturated heterocycles. The Morgan fingerprint density at radius 1 is 1.38 bits per heavy atom. The summed E-state index contributed by atoms with van der Waals surface area (Å²) in [6, 6.07) is 0. The van der Waals surface area contributed by atoms with Crippen molar-refractivity contribution in [2.24, 2.45) is 0 Å². The number of hydrogen-bond acceptors (Lipinski definition) is 3. The molecule has 0 atom stereocenters. The van der Waals surface area contributed by atoms with Crippen molar-refractivity contribution in [3.05, 3.63) is 17.5 Å². The van der Waals surface area contributed by atoms with Crippen LogP contribution in [0.3, 0.4) is 0 Å². The lowest BCUT2D eigenvalue weighted by molar-refractivity contribution is 0.268. The molecule has 1 aliphatic rings. The minimum Gasteiger partial charge on any atom is -0.391 e. The average molecular weight is 181 g/mol. The molecule has 0 bridgehead atoms. The van der Waals surface area contributed by atoms with E-state index in [2.05, 4.69) is 5.16 Å². The second kappa shape index (κ2) is 3.92. The van der Waals surface area contributed by atoms with Gasteiger partial charge in [-0.25, -0.2) is 0 Å². The van der Waals surface area contributed by atoms with Crippen LogP contribution < -0.4 is 0 Å². The molecule has 2 rings (SSSR count). The molecule has 72 valence electrons. The molecule has 0 aliphatic heterocycles. The average Bonchev–Trinajstić information content (AvgIpc) is 2.67. The van der Waals surface area contributed by atoms with Gasteiger partial charge in [0.2, 0.25) is 0 Å². The molecule has 3 heteroatoms. The molecule has 1 N–H and O–H groups in total. The zero-order valence-electron chi connectivity index (χ0n) is 7.70. The van der Waals surface area contributed by atoms with Crippen molar-refractivity contribution in [3.8, 4) is 0 Å². The SMILES string of the molecule is OCc1cnoc1C1CCCCC1. The minimum atomic E-state index is 0.0509. The molecule has 0 amide bonds. The van der Waals surface area contributed by atoms with Gasteiger partial charge in [0, 0.05) is 11.5 Å². The number of aromatic nitrogens is 1. The summed E-state index contributed by atoms with van der Waals surface area (Å²) in [5, 5.41) is 12.8. The van der Waals surface area contributed by atoms with Gasteiger partial charge >= 0.3 is 0 Å². The lowest BCUT2D eigenvalue weighted by Gasteiger charge is -2.19. The Labute approximate surface area is 77.7 Å². The van der Waals surface area contributed by atoms with Crippen molar-refractivity contribution >= 4 is 0 Å². The van der Waals surface area contributed by atoms with Crippen LogP contribution in [0.2, 0.25) is 0 Å². The predicted octanol–water partition coefficient (Wildman–Crippen LogP) is 2.21. The Morgan fingerprint density at radius 2 is 2.15 bits per heavy atom. The lowest BCUT2D eigenvalue weighted by Crippen LogP contribution is -2.05. The van der Waals surface area contributed by atoms with Crippen LogP contribution >= 0.6 is 0 Å². The van der Waals surface area contributed by atoms with Crippen molar-refractivity contribution < 1.29 is 9.63 Å². The largest absolute Gasteiger partial charge is 0.391 e. The number of rotatable bonds is 2. The zero-order valence-corrected chi connectivity index (χ0v) is 7.70. The number of hydrogen-bond donors (Lipinski definition) is 1. The monoisotopic (exact) mass is 181 g/mol. The standard InChI is InChI=1S/C10H15NO2/c12-7-9-6-11-13-10(9)8-4-2-1-3-5-8/h6,8,12H,1-5,7H2. The first-order chi connectivity index (χ1) is 6.42. The van der Waals surface area contributed by atoms with Crippen LogP contribution in [0.5, 0.6) is 0 Å². The normalized spacial score (nSPS) is 19.2. The first-order valence-electron chi connectivity index (χ1n) is 4.96. The minimum absolute atomic E-state index is 0.0509. The summed E-state index contributed by atoms with van der Waals surface area (Å²) in [7, 11) is 0. The van der Waals surface area contributed by atoms with E-state index >= 15 is 0 Å². The molecule has 0 radical (unpaired) electrons. The molecule has 0 aromatic carbocycles. The van der Waals surface area contributed by atoms with Gasteiger partial charge in [-0.3, -0.25) is 0 Å². The number of aliphatic hydroxyl groups is 1. The summed E-state index contributed by atoms with van der Waals surface area (Å²) in [5.74, 6) is 1.42. The first kappa shape index (κ1) is 8.75. The molecule has 1 aromatic rings. The van der Waals surface area contributed by atoms with Crippen molar-refractivity contribution in [2.75, 3.05) is 0 Å². The van der Waals surface area contributed by atoms with Crippen molar-refractivity contribution in [1.82, 2.24) is 5.16 Å². The van der Waals surface area contributed by atoms with E-state index in [0.717, 1.165) is 11.3 Å². The van der Waals surface area contributed by atoms with Gasteiger partial charge < -0.3 is 9.63 Å². The summed E-state index contributed by atoms with van der Waals surface area (Å²) < 4.78 is 5.18. The fourth-order valence-electron chi connectivity index (χ4n) is 2.09. The van der Waals surface area contributed by atoms with Gasteiger partial charge in [0.05, 0.1) is 12.8 Å². The van der Waals surface area contributed by atoms with E-state index in [1.807, 2.05) is 0 Å². The van der Waals surface area contributed by atoms with Crippen molar-refractivity contribution in [3.63, 3.8) is 0 Å².